The lowest BCUT2D eigenvalue weighted by Crippen LogP contribution is -2.49. The number of hydrogen-bond donors (Lipinski definition) is 4. The number of nitrogens with zero attached hydrogens (tertiary/aromatic N) is 1. The highest BCUT2D eigenvalue weighted by Crippen LogP contribution is 2.55. The lowest BCUT2D eigenvalue weighted by atomic mass is 10.1. The van der Waals surface area contributed by atoms with Gasteiger partial charge in [0.15, 0.2) is 0 Å². The van der Waals surface area contributed by atoms with Gasteiger partial charge in [0.05, 0.1) is 11.0 Å². The van der Waals surface area contributed by atoms with Crippen molar-refractivity contribution in [2.75, 3.05) is 18.8 Å². The molecule has 0 radical (unpaired) electrons. The van der Waals surface area contributed by atoms with E-state index in [0.717, 1.165) is 18.4 Å². The maximum atomic E-state index is 12.7. The van der Waals surface area contributed by atoms with Crippen LogP contribution >= 0.6 is 10.6 Å². The molecule has 24 heavy (non-hydrogen) atoms. The van der Waals surface area contributed by atoms with E-state index in [1.54, 1.807) is 4.90 Å². The van der Waals surface area contributed by atoms with Crippen LogP contribution in [-0.4, -0.2) is 56.0 Å². The Morgan fingerprint density at radius 2 is 1.92 bits per heavy atom. The van der Waals surface area contributed by atoms with Gasteiger partial charge in [0.25, 0.3) is 0 Å². The zero-order chi connectivity index (χ0) is 17.3. The van der Waals surface area contributed by atoms with Gasteiger partial charge in [0, 0.05) is 13.1 Å². The second-order valence-corrected chi connectivity index (χ2v) is 8.81. The molecule has 1 saturated heterocycles. The number of benzene rings is 1. The number of carbonyl (C=O) groups excluding carboxylic acids is 1. The fourth-order valence-electron chi connectivity index (χ4n) is 3.08. The molecule has 0 aromatic heterocycles. The van der Waals surface area contributed by atoms with Crippen LogP contribution in [0.5, 0.6) is 0 Å². The molecule has 132 valence electrons. The van der Waals surface area contributed by atoms with E-state index in [0.29, 0.717) is 12.5 Å². The number of hydrogen-bond acceptors (Lipinski definition) is 4. The Bertz CT molecular complexity index is 620. The fourth-order valence-corrected chi connectivity index (χ4v) is 5.04. The molecule has 1 aromatic rings. The smallest absolute Gasteiger partial charge is 0.405 e. The predicted octanol–water partition coefficient (Wildman–Crippen LogP) is 2.37. The molecule has 8 heteroatoms. The van der Waals surface area contributed by atoms with Crippen molar-refractivity contribution in [3.63, 3.8) is 0 Å². The summed E-state index contributed by atoms with van der Waals surface area (Å²) < 4.78 is 21.3. The van der Waals surface area contributed by atoms with Gasteiger partial charge >= 0.3 is 6.09 Å². The van der Waals surface area contributed by atoms with Crippen molar-refractivity contribution in [1.82, 2.24) is 10.2 Å². The Morgan fingerprint density at radius 3 is 2.50 bits per heavy atom. The van der Waals surface area contributed by atoms with Crippen LogP contribution in [0.4, 0.5) is 4.79 Å². The van der Waals surface area contributed by atoms with Gasteiger partial charge in [0.2, 0.25) is 5.91 Å². The third-order valence-corrected chi connectivity index (χ3v) is 6.66. The molecule has 0 spiro atoms. The van der Waals surface area contributed by atoms with E-state index in [9.17, 15) is 18.7 Å². The molecular formula is C16H22N2O5S. The first-order valence-corrected chi connectivity index (χ1v) is 9.72. The van der Waals surface area contributed by atoms with E-state index in [1.807, 2.05) is 30.3 Å². The number of carbonyl (C=O) groups is 2. The molecule has 4 N–H and O–H groups in total. The molecule has 1 heterocycles. The highest BCUT2D eigenvalue weighted by atomic mass is 32.3. The van der Waals surface area contributed by atoms with E-state index in [2.05, 4.69) is 5.32 Å². The highest BCUT2D eigenvalue weighted by molar-refractivity contribution is 8.24. The average Bonchev–Trinajstić information content (AvgIpc) is 3.34. The van der Waals surface area contributed by atoms with Gasteiger partial charge in [-0.05, 0) is 24.3 Å². The number of amides is 2. The Hall–Kier alpha value is -1.77. The van der Waals surface area contributed by atoms with Crippen molar-refractivity contribution in [2.45, 2.75) is 24.1 Å². The second kappa shape index (κ2) is 6.62. The van der Waals surface area contributed by atoms with Crippen LogP contribution in [0.1, 0.15) is 23.7 Å². The fraction of sp³-hybridized carbons (Fsp3) is 0.500. The molecule has 2 atom stereocenters. The van der Waals surface area contributed by atoms with Crippen LogP contribution in [0.2, 0.25) is 0 Å². The van der Waals surface area contributed by atoms with E-state index >= 15 is 0 Å². The molecule has 2 amide bonds. The van der Waals surface area contributed by atoms with Gasteiger partial charge in [-0.2, -0.15) is 10.6 Å². The van der Waals surface area contributed by atoms with E-state index in [4.69, 9.17) is 5.11 Å². The van der Waals surface area contributed by atoms with Crippen molar-refractivity contribution >= 4 is 22.6 Å². The lowest BCUT2D eigenvalue weighted by Gasteiger charge is -2.40. The molecule has 1 saturated carbocycles. The first-order chi connectivity index (χ1) is 11.4. The molecule has 0 bridgehead atoms. The van der Waals surface area contributed by atoms with Crippen molar-refractivity contribution in [3.8, 4) is 0 Å². The van der Waals surface area contributed by atoms with Crippen LogP contribution in [0.3, 0.4) is 0 Å². The lowest BCUT2D eigenvalue weighted by molar-refractivity contribution is -0.132. The normalized spacial score (nSPS) is 28.1. The largest absolute Gasteiger partial charge is 0.465 e. The molecule has 3 rings (SSSR count). The van der Waals surface area contributed by atoms with Gasteiger partial charge in [-0.3, -0.25) is 13.9 Å². The van der Waals surface area contributed by atoms with Gasteiger partial charge in [-0.15, -0.1) is 0 Å². The number of carboxylic acid groups (broad SMARTS) is 1. The summed E-state index contributed by atoms with van der Waals surface area (Å²) in [5, 5.41) is 10.5. The third kappa shape index (κ3) is 3.82. The van der Waals surface area contributed by atoms with Crippen LogP contribution in [0.25, 0.3) is 0 Å². The van der Waals surface area contributed by atoms with Gasteiger partial charge in [-0.25, -0.2) is 4.79 Å². The number of nitrogens with one attached hydrogen (secondary N) is 1. The van der Waals surface area contributed by atoms with Gasteiger partial charge in [0.1, 0.15) is 6.04 Å². The first kappa shape index (κ1) is 17.1. The summed E-state index contributed by atoms with van der Waals surface area (Å²) in [6.45, 7) is 0.731. The molecular weight excluding hydrogens is 332 g/mol. The van der Waals surface area contributed by atoms with E-state index in [-0.39, 0.29) is 18.2 Å². The molecule has 0 unspecified atom stereocenters. The van der Waals surface area contributed by atoms with Crippen LogP contribution in [0, 0.1) is 5.92 Å². The maximum Gasteiger partial charge on any atom is 0.405 e. The standard InChI is InChI=1S/C16H22N2O5S/c19-15-13(17-16(20)21)10-24(22,23)14(12-4-2-1-3-5-12)9-18(15)8-11-6-7-11/h1-5,11,13-14,17,22-23H,6-10H2,(H,20,21)/t13-,14-/m1/s1. The Morgan fingerprint density at radius 1 is 1.25 bits per heavy atom. The maximum absolute atomic E-state index is 12.7. The van der Waals surface area contributed by atoms with Crippen LogP contribution < -0.4 is 5.32 Å². The molecule has 1 aromatic carbocycles. The van der Waals surface area contributed by atoms with Crippen molar-refractivity contribution in [2.24, 2.45) is 5.92 Å². The zero-order valence-electron chi connectivity index (χ0n) is 13.2. The second-order valence-electron chi connectivity index (χ2n) is 6.47. The predicted molar refractivity (Wildman–Crippen MR) is 91.2 cm³/mol. The van der Waals surface area contributed by atoms with Crippen LogP contribution in [-0.2, 0) is 4.79 Å². The summed E-state index contributed by atoms with van der Waals surface area (Å²) in [6.07, 6.45) is 0.758. The highest BCUT2D eigenvalue weighted by Gasteiger charge is 2.42. The molecule has 2 aliphatic rings. The van der Waals surface area contributed by atoms with Crippen molar-refractivity contribution in [1.29, 1.82) is 0 Å². The average molecular weight is 354 g/mol. The van der Waals surface area contributed by atoms with Gasteiger partial charge < -0.3 is 15.3 Å². The van der Waals surface area contributed by atoms with E-state index in [1.165, 1.54) is 0 Å². The molecule has 1 aliphatic heterocycles. The zero-order valence-corrected chi connectivity index (χ0v) is 14.0. The molecule has 7 nitrogen and oxygen atoms in total. The summed E-state index contributed by atoms with van der Waals surface area (Å²) in [5.74, 6) is -0.239. The topological polar surface area (TPSA) is 110 Å². The monoisotopic (exact) mass is 354 g/mol. The Kier molecular flexibility index (Phi) is 4.71. The quantitative estimate of drug-likeness (QED) is 0.663. The SMILES string of the molecule is O=C(O)N[C@@H]1CS(O)(O)[C@@H](c2ccccc2)CN(CC2CC2)C1=O. The minimum atomic E-state index is -3.18. The summed E-state index contributed by atoms with van der Waals surface area (Å²) in [4.78, 5) is 25.3. The first-order valence-electron chi connectivity index (χ1n) is 7.95. The van der Waals surface area contributed by atoms with E-state index < -0.39 is 28.0 Å². The van der Waals surface area contributed by atoms with Gasteiger partial charge in [-0.1, -0.05) is 30.3 Å². The molecule has 2 fully saturated rings. The summed E-state index contributed by atoms with van der Waals surface area (Å²) in [5.41, 5.74) is 0.752. The summed E-state index contributed by atoms with van der Waals surface area (Å²) in [7, 11) is -3.18. The Labute approximate surface area is 142 Å². The third-order valence-electron chi connectivity index (χ3n) is 4.51. The van der Waals surface area contributed by atoms with Crippen molar-refractivity contribution < 1.29 is 23.8 Å². The number of rotatable bonds is 4. The summed E-state index contributed by atoms with van der Waals surface area (Å²) >= 11 is 0. The minimum absolute atomic E-state index is 0.194. The van der Waals surface area contributed by atoms with Crippen LogP contribution in [0.15, 0.2) is 30.3 Å². The Balaban J connectivity index is 1.91. The minimum Gasteiger partial charge on any atom is -0.465 e. The molecule has 1 aliphatic carbocycles. The summed E-state index contributed by atoms with van der Waals surface area (Å²) in [6, 6.07) is 7.96. The van der Waals surface area contributed by atoms with Crippen molar-refractivity contribution in [3.05, 3.63) is 35.9 Å².